The van der Waals surface area contributed by atoms with Crippen LogP contribution < -0.4 is 5.73 Å². The van der Waals surface area contributed by atoms with Gasteiger partial charge in [-0.3, -0.25) is 4.79 Å². The van der Waals surface area contributed by atoms with E-state index in [0.29, 0.717) is 12.0 Å². The molecule has 0 fully saturated rings. The number of halogens is 2. The minimum Gasteiger partial charge on any atom is -0.321 e. The van der Waals surface area contributed by atoms with Gasteiger partial charge in [-0.05, 0) is 24.1 Å². The van der Waals surface area contributed by atoms with Crippen LogP contribution in [-0.4, -0.2) is 11.8 Å². The zero-order valence-electron chi connectivity index (χ0n) is 8.75. The third-order valence-corrected chi connectivity index (χ3v) is 2.20. The standard InChI is InChI=1S/C12H13F2NO/c1-2-3-11(15)12(16)7-8-4-5-9(13)10(14)6-8/h2,4-6,11H,1,3,7,15H2. The van der Waals surface area contributed by atoms with Crippen molar-refractivity contribution < 1.29 is 13.6 Å². The second-order valence-corrected chi connectivity index (χ2v) is 3.52. The molecule has 2 nitrogen and oxygen atoms in total. The zero-order valence-corrected chi connectivity index (χ0v) is 8.75. The van der Waals surface area contributed by atoms with E-state index in [1.54, 1.807) is 6.08 Å². The molecular formula is C12H13F2NO. The van der Waals surface area contributed by atoms with Crippen molar-refractivity contribution in [1.29, 1.82) is 0 Å². The maximum atomic E-state index is 12.8. The highest BCUT2D eigenvalue weighted by Gasteiger charge is 2.13. The van der Waals surface area contributed by atoms with Crippen molar-refractivity contribution in [3.63, 3.8) is 0 Å². The van der Waals surface area contributed by atoms with Crippen molar-refractivity contribution in [2.45, 2.75) is 18.9 Å². The highest BCUT2D eigenvalue weighted by Crippen LogP contribution is 2.10. The number of hydrogen-bond acceptors (Lipinski definition) is 2. The third-order valence-electron chi connectivity index (χ3n) is 2.20. The lowest BCUT2D eigenvalue weighted by Crippen LogP contribution is -2.31. The molecular weight excluding hydrogens is 212 g/mol. The molecule has 0 amide bonds. The van der Waals surface area contributed by atoms with Gasteiger partial charge in [-0.1, -0.05) is 12.1 Å². The SMILES string of the molecule is C=CCC(N)C(=O)Cc1ccc(F)c(F)c1. The van der Waals surface area contributed by atoms with Crippen LogP contribution in [0.1, 0.15) is 12.0 Å². The van der Waals surface area contributed by atoms with E-state index in [1.807, 2.05) is 0 Å². The molecule has 0 aliphatic carbocycles. The second-order valence-electron chi connectivity index (χ2n) is 3.52. The van der Waals surface area contributed by atoms with Gasteiger partial charge in [0.15, 0.2) is 17.4 Å². The van der Waals surface area contributed by atoms with Gasteiger partial charge in [-0.2, -0.15) is 0 Å². The normalized spacial score (nSPS) is 12.2. The second kappa shape index (κ2) is 5.51. The summed E-state index contributed by atoms with van der Waals surface area (Å²) in [5.74, 6) is -2.10. The maximum absolute atomic E-state index is 12.8. The van der Waals surface area contributed by atoms with Crippen molar-refractivity contribution in [2.24, 2.45) is 5.73 Å². The molecule has 1 aromatic rings. The number of carbonyl (C=O) groups is 1. The summed E-state index contributed by atoms with van der Waals surface area (Å²) in [4.78, 5) is 11.5. The fourth-order valence-electron chi connectivity index (χ4n) is 1.29. The molecule has 0 saturated heterocycles. The molecule has 0 radical (unpaired) electrons. The average Bonchev–Trinajstić information content (AvgIpc) is 2.24. The molecule has 1 unspecified atom stereocenters. The van der Waals surface area contributed by atoms with Gasteiger partial charge in [0.05, 0.1) is 6.04 Å². The predicted octanol–water partition coefficient (Wildman–Crippen LogP) is 1.98. The minimum atomic E-state index is -0.956. The number of hydrogen-bond donors (Lipinski definition) is 1. The molecule has 0 saturated carbocycles. The Hall–Kier alpha value is -1.55. The first kappa shape index (κ1) is 12.5. The predicted molar refractivity (Wildman–Crippen MR) is 57.9 cm³/mol. The molecule has 2 N–H and O–H groups in total. The third kappa shape index (κ3) is 3.24. The van der Waals surface area contributed by atoms with Crippen LogP contribution in [0.5, 0.6) is 0 Å². The lowest BCUT2D eigenvalue weighted by molar-refractivity contribution is -0.119. The van der Waals surface area contributed by atoms with E-state index in [0.717, 1.165) is 12.1 Å². The molecule has 1 atom stereocenters. The van der Waals surface area contributed by atoms with Crippen LogP contribution in [0.15, 0.2) is 30.9 Å². The molecule has 1 rings (SSSR count). The van der Waals surface area contributed by atoms with Crippen molar-refractivity contribution in [3.05, 3.63) is 48.1 Å². The van der Waals surface area contributed by atoms with Crippen LogP contribution in [0, 0.1) is 11.6 Å². The summed E-state index contributed by atoms with van der Waals surface area (Å²) in [5.41, 5.74) is 5.97. The van der Waals surface area contributed by atoms with Gasteiger partial charge in [0.2, 0.25) is 0 Å². The molecule has 0 aromatic heterocycles. The lowest BCUT2D eigenvalue weighted by Gasteiger charge is -2.07. The summed E-state index contributed by atoms with van der Waals surface area (Å²) in [6.07, 6.45) is 1.93. The van der Waals surface area contributed by atoms with Crippen LogP contribution >= 0.6 is 0 Å². The Labute approximate surface area is 92.8 Å². The average molecular weight is 225 g/mol. The van der Waals surface area contributed by atoms with E-state index >= 15 is 0 Å². The van der Waals surface area contributed by atoms with Gasteiger partial charge in [0, 0.05) is 6.42 Å². The number of Topliss-reactive ketones (excluding diaryl/α,β-unsaturated/α-hetero) is 1. The number of carbonyl (C=O) groups excluding carboxylic acids is 1. The van der Waals surface area contributed by atoms with Gasteiger partial charge in [0.1, 0.15) is 0 Å². The van der Waals surface area contributed by atoms with Crippen LogP contribution in [0.2, 0.25) is 0 Å². The molecule has 0 aliphatic rings. The van der Waals surface area contributed by atoms with Crippen molar-refractivity contribution in [1.82, 2.24) is 0 Å². The van der Waals surface area contributed by atoms with Crippen molar-refractivity contribution in [3.8, 4) is 0 Å². The van der Waals surface area contributed by atoms with Gasteiger partial charge in [-0.25, -0.2) is 8.78 Å². The van der Waals surface area contributed by atoms with E-state index < -0.39 is 17.7 Å². The number of benzene rings is 1. The fourth-order valence-corrected chi connectivity index (χ4v) is 1.29. The largest absolute Gasteiger partial charge is 0.321 e. The molecule has 0 aliphatic heterocycles. The Morgan fingerprint density at radius 2 is 2.12 bits per heavy atom. The van der Waals surface area contributed by atoms with Gasteiger partial charge >= 0.3 is 0 Å². The Kier molecular flexibility index (Phi) is 4.31. The molecule has 1 aromatic carbocycles. The van der Waals surface area contributed by atoms with Gasteiger partial charge in [0.25, 0.3) is 0 Å². The van der Waals surface area contributed by atoms with E-state index in [4.69, 9.17) is 5.73 Å². The number of rotatable bonds is 5. The summed E-state index contributed by atoms with van der Waals surface area (Å²) in [6.45, 7) is 3.47. The Bertz CT molecular complexity index is 404. The molecule has 0 heterocycles. The molecule has 16 heavy (non-hydrogen) atoms. The fraction of sp³-hybridized carbons (Fsp3) is 0.250. The van der Waals surface area contributed by atoms with E-state index in [9.17, 15) is 13.6 Å². The first-order valence-corrected chi connectivity index (χ1v) is 4.87. The van der Waals surface area contributed by atoms with Crippen LogP contribution in [0.3, 0.4) is 0 Å². The zero-order chi connectivity index (χ0) is 12.1. The first-order valence-electron chi connectivity index (χ1n) is 4.87. The molecule has 0 spiro atoms. The summed E-state index contributed by atoms with van der Waals surface area (Å²) >= 11 is 0. The number of ketones is 1. The van der Waals surface area contributed by atoms with Crippen molar-refractivity contribution >= 4 is 5.78 Å². The highest BCUT2D eigenvalue weighted by molar-refractivity contribution is 5.85. The Morgan fingerprint density at radius 3 is 2.69 bits per heavy atom. The highest BCUT2D eigenvalue weighted by atomic mass is 19.2. The van der Waals surface area contributed by atoms with Crippen LogP contribution in [0.4, 0.5) is 8.78 Å². The lowest BCUT2D eigenvalue weighted by atomic mass is 10.0. The Morgan fingerprint density at radius 1 is 1.44 bits per heavy atom. The van der Waals surface area contributed by atoms with Crippen molar-refractivity contribution in [2.75, 3.05) is 0 Å². The smallest absolute Gasteiger partial charge is 0.159 e. The monoisotopic (exact) mass is 225 g/mol. The maximum Gasteiger partial charge on any atom is 0.159 e. The minimum absolute atomic E-state index is 0.00616. The van der Waals surface area contributed by atoms with E-state index in [2.05, 4.69) is 6.58 Å². The molecule has 4 heteroatoms. The Balaban J connectivity index is 2.69. The molecule has 86 valence electrons. The first-order chi connectivity index (χ1) is 7.54. The summed E-state index contributed by atoms with van der Waals surface area (Å²) in [5, 5.41) is 0. The molecule has 0 bridgehead atoms. The van der Waals surface area contributed by atoms with E-state index in [-0.39, 0.29) is 12.2 Å². The summed E-state index contributed by atoms with van der Waals surface area (Å²) < 4.78 is 25.5. The van der Waals surface area contributed by atoms with E-state index in [1.165, 1.54) is 6.07 Å². The summed E-state index contributed by atoms with van der Waals surface area (Å²) in [7, 11) is 0. The topological polar surface area (TPSA) is 43.1 Å². The van der Waals surface area contributed by atoms with Gasteiger partial charge < -0.3 is 5.73 Å². The van der Waals surface area contributed by atoms with Crippen LogP contribution in [0.25, 0.3) is 0 Å². The van der Waals surface area contributed by atoms with Crippen LogP contribution in [-0.2, 0) is 11.2 Å². The summed E-state index contributed by atoms with van der Waals surface area (Å²) in [6, 6.07) is 2.74. The quantitative estimate of drug-likeness (QED) is 0.778. The number of nitrogens with two attached hydrogens (primary N) is 1. The van der Waals surface area contributed by atoms with Gasteiger partial charge in [-0.15, -0.1) is 6.58 Å².